The van der Waals surface area contributed by atoms with E-state index in [9.17, 15) is 0 Å². The molecule has 3 aromatic rings. The zero-order valence-electron chi connectivity index (χ0n) is 10.5. The van der Waals surface area contributed by atoms with Crippen LogP contribution in [0.3, 0.4) is 0 Å². The van der Waals surface area contributed by atoms with E-state index >= 15 is 0 Å². The predicted octanol–water partition coefficient (Wildman–Crippen LogP) is 1.21. The summed E-state index contributed by atoms with van der Waals surface area (Å²) in [4.78, 5) is 4.48. The van der Waals surface area contributed by atoms with Crippen molar-refractivity contribution in [1.29, 1.82) is 0 Å². The summed E-state index contributed by atoms with van der Waals surface area (Å²) in [5.41, 5.74) is 6.51. The molecular formula is C13H14N6. The Balaban J connectivity index is 2.07. The molecule has 0 aliphatic carbocycles. The molecule has 4 N–H and O–H groups in total. The zero-order valence-corrected chi connectivity index (χ0v) is 10.5. The van der Waals surface area contributed by atoms with Gasteiger partial charge in [-0.2, -0.15) is 15.4 Å². The molecule has 0 bridgehead atoms. The second kappa shape index (κ2) is 4.75. The smallest absolute Gasteiger partial charge is 0.105 e. The van der Waals surface area contributed by atoms with Crippen molar-refractivity contribution >= 4 is 10.9 Å². The highest BCUT2D eigenvalue weighted by molar-refractivity contribution is 5.79. The van der Waals surface area contributed by atoms with Crippen LogP contribution in [0, 0.1) is 6.92 Å². The van der Waals surface area contributed by atoms with Crippen molar-refractivity contribution in [1.82, 2.24) is 25.8 Å². The molecule has 1 aromatic carbocycles. The van der Waals surface area contributed by atoms with E-state index in [4.69, 9.17) is 5.84 Å². The number of rotatable bonds is 3. The molecule has 0 aliphatic heterocycles. The second-order valence-corrected chi connectivity index (χ2v) is 4.40. The first-order chi connectivity index (χ1) is 9.28. The van der Waals surface area contributed by atoms with Crippen molar-refractivity contribution in [2.24, 2.45) is 5.84 Å². The van der Waals surface area contributed by atoms with Gasteiger partial charge in [0.15, 0.2) is 0 Å². The highest BCUT2D eigenvalue weighted by Gasteiger charge is 2.15. The fraction of sp³-hybridized carbons (Fsp3) is 0.154. The number of benzene rings is 1. The van der Waals surface area contributed by atoms with Crippen LogP contribution in [-0.2, 0) is 0 Å². The summed E-state index contributed by atoms with van der Waals surface area (Å²) >= 11 is 0. The second-order valence-electron chi connectivity index (χ2n) is 4.40. The SMILES string of the molecule is Cc1ccc2cc(C(NN)c3cn[nH]n3)ccc2n1. The topological polar surface area (TPSA) is 92.5 Å². The van der Waals surface area contributed by atoms with E-state index in [1.807, 2.05) is 25.1 Å². The van der Waals surface area contributed by atoms with Gasteiger partial charge in [0, 0.05) is 11.1 Å². The van der Waals surface area contributed by atoms with Gasteiger partial charge in [0.25, 0.3) is 0 Å². The predicted molar refractivity (Wildman–Crippen MR) is 72.0 cm³/mol. The number of nitrogens with zero attached hydrogens (tertiary/aromatic N) is 3. The van der Waals surface area contributed by atoms with E-state index < -0.39 is 0 Å². The number of aryl methyl sites for hydroxylation is 1. The summed E-state index contributed by atoms with van der Waals surface area (Å²) in [7, 11) is 0. The number of aromatic nitrogens is 4. The first-order valence-corrected chi connectivity index (χ1v) is 5.97. The molecule has 3 rings (SSSR count). The van der Waals surface area contributed by atoms with Crippen LogP contribution in [0.1, 0.15) is 23.0 Å². The number of H-pyrrole nitrogens is 1. The van der Waals surface area contributed by atoms with Crippen LogP contribution in [-0.4, -0.2) is 20.4 Å². The van der Waals surface area contributed by atoms with Gasteiger partial charge in [-0.3, -0.25) is 10.8 Å². The lowest BCUT2D eigenvalue weighted by Gasteiger charge is -2.14. The molecule has 1 unspecified atom stereocenters. The van der Waals surface area contributed by atoms with Crippen LogP contribution in [0.2, 0.25) is 0 Å². The molecule has 6 nitrogen and oxygen atoms in total. The molecule has 19 heavy (non-hydrogen) atoms. The van der Waals surface area contributed by atoms with E-state index in [0.717, 1.165) is 27.9 Å². The van der Waals surface area contributed by atoms with Gasteiger partial charge in [0.2, 0.25) is 0 Å². The maximum absolute atomic E-state index is 5.62. The van der Waals surface area contributed by atoms with Crippen molar-refractivity contribution in [3.8, 4) is 0 Å². The van der Waals surface area contributed by atoms with Gasteiger partial charge < -0.3 is 0 Å². The normalized spacial score (nSPS) is 12.7. The molecule has 0 amide bonds. The summed E-state index contributed by atoms with van der Waals surface area (Å²) in [6, 6.07) is 9.89. The van der Waals surface area contributed by atoms with Crippen LogP contribution in [0.5, 0.6) is 0 Å². The minimum absolute atomic E-state index is 0.190. The average Bonchev–Trinajstić information content (AvgIpc) is 2.93. The van der Waals surface area contributed by atoms with E-state index in [1.165, 1.54) is 0 Å². The summed E-state index contributed by atoms with van der Waals surface area (Å²) < 4.78 is 0. The van der Waals surface area contributed by atoms with Crippen LogP contribution >= 0.6 is 0 Å². The Labute approximate surface area is 110 Å². The Bertz CT molecular complexity index is 691. The Morgan fingerprint density at radius 1 is 1.26 bits per heavy atom. The molecule has 0 fully saturated rings. The van der Waals surface area contributed by atoms with Gasteiger partial charge in [-0.1, -0.05) is 12.1 Å². The molecule has 0 saturated heterocycles. The maximum Gasteiger partial charge on any atom is 0.105 e. The minimum atomic E-state index is -0.190. The first-order valence-electron chi connectivity index (χ1n) is 5.97. The minimum Gasteiger partial charge on any atom is -0.271 e. The number of hydrogen-bond acceptors (Lipinski definition) is 5. The third-order valence-corrected chi connectivity index (χ3v) is 3.08. The Kier molecular flexibility index (Phi) is 2.94. The average molecular weight is 254 g/mol. The molecule has 96 valence electrons. The molecule has 2 heterocycles. The Hall–Kier alpha value is -2.31. The number of hydrogen-bond donors (Lipinski definition) is 3. The number of nitrogens with one attached hydrogen (secondary N) is 2. The number of hydrazine groups is 1. The third-order valence-electron chi connectivity index (χ3n) is 3.08. The van der Waals surface area contributed by atoms with Crippen LogP contribution in [0.25, 0.3) is 10.9 Å². The largest absolute Gasteiger partial charge is 0.271 e. The maximum atomic E-state index is 5.62. The van der Waals surface area contributed by atoms with Gasteiger partial charge >= 0.3 is 0 Å². The summed E-state index contributed by atoms with van der Waals surface area (Å²) in [6.07, 6.45) is 1.65. The summed E-state index contributed by atoms with van der Waals surface area (Å²) in [5.74, 6) is 5.62. The molecule has 0 spiro atoms. The highest BCUT2D eigenvalue weighted by Crippen LogP contribution is 2.22. The molecular weight excluding hydrogens is 240 g/mol. The van der Waals surface area contributed by atoms with Gasteiger partial charge in [-0.05, 0) is 30.7 Å². The van der Waals surface area contributed by atoms with Crippen molar-refractivity contribution in [3.05, 3.63) is 53.5 Å². The molecule has 2 aromatic heterocycles. The third kappa shape index (κ3) is 2.18. The number of aromatic amines is 1. The van der Waals surface area contributed by atoms with E-state index in [-0.39, 0.29) is 6.04 Å². The quantitative estimate of drug-likeness (QED) is 0.482. The number of nitrogens with two attached hydrogens (primary N) is 1. The van der Waals surface area contributed by atoms with Crippen LogP contribution in [0.15, 0.2) is 36.5 Å². The fourth-order valence-corrected chi connectivity index (χ4v) is 2.13. The van der Waals surface area contributed by atoms with Crippen LogP contribution < -0.4 is 11.3 Å². The number of fused-ring (bicyclic) bond motifs is 1. The lowest BCUT2D eigenvalue weighted by molar-refractivity contribution is 0.619. The summed E-state index contributed by atoms with van der Waals surface area (Å²) in [5, 5.41) is 11.5. The fourth-order valence-electron chi connectivity index (χ4n) is 2.13. The van der Waals surface area contributed by atoms with Gasteiger partial charge in [0.1, 0.15) is 5.69 Å². The van der Waals surface area contributed by atoms with Crippen molar-refractivity contribution in [3.63, 3.8) is 0 Å². The Morgan fingerprint density at radius 3 is 2.89 bits per heavy atom. The summed E-state index contributed by atoms with van der Waals surface area (Å²) in [6.45, 7) is 1.98. The number of pyridine rings is 1. The van der Waals surface area contributed by atoms with Gasteiger partial charge in [-0.15, -0.1) is 0 Å². The lowest BCUT2D eigenvalue weighted by atomic mass is 10.0. The van der Waals surface area contributed by atoms with E-state index in [0.29, 0.717) is 0 Å². The Morgan fingerprint density at radius 2 is 2.16 bits per heavy atom. The molecule has 0 radical (unpaired) electrons. The van der Waals surface area contributed by atoms with E-state index in [2.05, 4.69) is 38.0 Å². The standard InChI is InChI=1S/C13H14N6/c1-8-2-3-9-6-10(4-5-11(9)16-8)13(17-14)12-7-15-19-18-12/h2-7,13,17H,14H2,1H3,(H,15,18,19). The lowest BCUT2D eigenvalue weighted by Crippen LogP contribution is -2.29. The van der Waals surface area contributed by atoms with Crippen molar-refractivity contribution < 1.29 is 0 Å². The van der Waals surface area contributed by atoms with Crippen LogP contribution in [0.4, 0.5) is 0 Å². The van der Waals surface area contributed by atoms with E-state index in [1.54, 1.807) is 6.20 Å². The molecule has 0 saturated carbocycles. The molecule has 0 aliphatic rings. The van der Waals surface area contributed by atoms with Crippen molar-refractivity contribution in [2.75, 3.05) is 0 Å². The first kappa shape index (κ1) is 11.8. The van der Waals surface area contributed by atoms with Crippen molar-refractivity contribution in [2.45, 2.75) is 13.0 Å². The molecule has 1 atom stereocenters. The highest BCUT2D eigenvalue weighted by atomic mass is 15.3. The van der Waals surface area contributed by atoms with Gasteiger partial charge in [0.05, 0.1) is 17.8 Å². The van der Waals surface area contributed by atoms with Gasteiger partial charge in [-0.25, -0.2) is 5.43 Å². The monoisotopic (exact) mass is 254 g/mol. The zero-order chi connectivity index (χ0) is 13.2. The molecule has 6 heteroatoms.